The molecule has 0 aliphatic rings. The van der Waals surface area contributed by atoms with E-state index >= 15 is 0 Å². The third-order valence-electron chi connectivity index (χ3n) is 1.75. The van der Waals surface area contributed by atoms with Gasteiger partial charge in [0.05, 0.1) is 9.80 Å². The SMILES string of the molecule is Fc1ccc(-c2nc(CBr)no2)cc1Br. The first-order valence-electron chi connectivity index (χ1n) is 4.04. The molecule has 0 bridgehead atoms. The molecule has 0 saturated heterocycles. The summed E-state index contributed by atoms with van der Waals surface area (Å²) < 4.78 is 18.3. The summed E-state index contributed by atoms with van der Waals surface area (Å²) in [6.45, 7) is 0. The molecule has 1 aromatic heterocycles. The lowest BCUT2D eigenvalue weighted by atomic mass is 10.2. The predicted molar refractivity (Wildman–Crippen MR) is 60.0 cm³/mol. The Kier molecular flexibility index (Phi) is 3.16. The second-order valence-corrected chi connectivity index (χ2v) is 4.19. The molecule has 6 heteroatoms. The largest absolute Gasteiger partial charge is 0.334 e. The third kappa shape index (κ3) is 2.26. The standard InChI is InChI=1S/C9H5Br2FN2O/c10-4-8-13-9(15-14-8)5-1-2-7(12)6(11)3-5/h1-3H,4H2. The fourth-order valence-corrected chi connectivity index (χ4v) is 1.66. The van der Waals surface area contributed by atoms with Crippen molar-refractivity contribution in [3.05, 3.63) is 34.3 Å². The van der Waals surface area contributed by atoms with E-state index in [9.17, 15) is 4.39 Å². The molecule has 15 heavy (non-hydrogen) atoms. The van der Waals surface area contributed by atoms with E-state index in [1.807, 2.05) is 0 Å². The van der Waals surface area contributed by atoms with Crippen LogP contribution >= 0.6 is 31.9 Å². The van der Waals surface area contributed by atoms with E-state index < -0.39 is 0 Å². The Morgan fingerprint density at radius 2 is 2.20 bits per heavy atom. The lowest BCUT2D eigenvalue weighted by molar-refractivity contribution is 0.425. The Morgan fingerprint density at radius 3 is 2.80 bits per heavy atom. The molecule has 0 unspecified atom stereocenters. The molecule has 2 aromatic rings. The minimum Gasteiger partial charge on any atom is -0.334 e. The fourth-order valence-electron chi connectivity index (χ4n) is 1.05. The van der Waals surface area contributed by atoms with Crippen molar-refractivity contribution in [2.45, 2.75) is 5.33 Å². The van der Waals surface area contributed by atoms with Crippen molar-refractivity contribution in [2.75, 3.05) is 0 Å². The summed E-state index contributed by atoms with van der Waals surface area (Å²) in [6, 6.07) is 4.53. The molecule has 0 aliphatic carbocycles. The number of hydrogen-bond acceptors (Lipinski definition) is 3. The van der Waals surface area contributed by atoms with Crippen LogP contribution in [0.15, 0.2) is 27.2 Å². The summed E-state index contributed by atoms with van der Waals surface area (Å²) in [7, 11) is 0. The zero-order chi connectivity index (χ0) is 10.8. The number of rotatable bonds is 2. The highest BCUT2D eigenvalue weighted by molar-refractivity contribution is 9.10. The van der Waals surface area contributed by atoms with Gasteiger partial charge in [-0.05, 0) is 34.1 Å². The van der Waals surface area contributed by atoms with E-state index in [2.05, 4.69) is 42.0 Å². The van der Waals surface area contributed by atoms with Crippen LogP contribution in [0.3, 0.4) is 0 Å². The van der Waals surface area contributed by atoms with E-state index in [1.54, 1.807) is 12.1 Å². The Bertz CT molecular complexity index is 487. The van der Waals surface area contributed by atoms with Gasteiger partial charge in [-0.1, -0.05) is 21.1 Å². The molecule has 3 nitrogen and oxygen atoms in total. The average Bonchev–Trinajstić information content (AvgIpc) is 2.70. The van der Waals surface area contributed by atoms with Gasteiger partial charge in [0, 0.05) is 5.56 Å². The fraction of sp³-hybridized carbons (Fsp3) is 0.111. The number of nitrogens with zero attached hydrogens (tertiary/aromatic N) is 2. The summed E-state index contributed by atoms with van der Waals surface area (Å²) in [5, 5.41) is 4.25. The first kappa shape index (κ1) is 10.8. The Morgan fingerprint density at radius 1 is 1.40 bits per heavy atom. The second kappa shape index (κ2) is 4.40. The van der Waals surface area contributed by atoms with Crippen molar-refractivity contribution in [1.29, 1.82) is 0 Å². The van der Waals surface area contributed by atoms with Gasteiger partial charge < -0.3 is 4.52 Å². The second-order valence-electron chi connectivity index (χ2n) is 2.78. The van der Waals surface area contributed by atoms with E-state index in [4.69, 9.17) is 4.52 Å². The van der Waals surface area contributed by atoms with Crippen molar-refractivity contribution >= 4 is 31.9 Å². The van der Waals surface area contributed by atoms with E-state index in [0.29, 0.717) is 27.1 Å². The number of benzene rings is 1. The molecule has 78 valence electrons. The summed E-state index contributed by atoms with van der Waals surface area (Å²) >= 11 is 6.31. The summed E-state index contributed by atoms with van der Waals surface area (Å²) in [6.07, 6.45) is 0. The Hall–Kier alpha value is -0.750. The van der Waals surface area contributed by atoms with Gasteiger partial charge in [-0.25, -0.2) is 4.39 Å². The molecule has 0 atom stereocenters. The van der Waals surface area contributed by atoms with Crippen LogP contribution in [0.1, 0.15) is 5.82 Å². The first-order valence-corrected chi connectivity index (χ1v) is 5.96. The molecular weight excluding hydrogens is 331 g/mol. The zero-order valence-corrected chi connectivity index (χ0v) is 10.5. The maximum absolute atomic E-state index is 13.0. The van der Waals surface area contributed by atoms with Gasteiger partial charge in [0.1, 0.15) is 5.82 Å². The number of hydrogen-bond donors (Lipinski definition) is 0. The highest BCUT2D eigenvalue weighted by Crippen LogP contribution is 2.24. The molecule has 0 saturated carbocycles. The van der Waals surface area contributed by atoms with Crippen LogP contribution in [0, 0.1) is 5.82 Å². The van der Waals surface area contributed by atoms with E-state index in [1.165, 1.54) is 6.07 Å². The van der Waals surface area contributed by atoms with Crippen molar-refractivity contribution < 1.29 is 8.91 Å². The number of aromatic nitrogens is 2. The highest BCUT2D eigenvalue weighted by atomic mass is 79.9. The Balaban J connectivity index is 2.40. The molecule has 2 rings (SSSR count). The molecule has 0 radical (unpaired) electrons. The average molecular weight is 336 g/mol. The van der Waals surface area contributed by atoms with Crippen molar-refractivity contribution in [3.8, 4) is 11.5 Å². The molecule has 0 N–H and O–H groups in total. The smallest absolute Gasteiger partial charge is 0.257 e. The molecule has 0 spiro atoms. The van der Waals surface area contributed by atoms with Crippen molar-refractivity contribution in [2.24, 2.45) is 0 Å². The van der Waals surface area contributed by atoms with Crippen LogP contribution in [-0.4, -0.2) is 10.1 Å². The monoisotopic (exact) mass is 334 g/mol. The highest BCUT2D eigenvalue weighted by Gasteiger charge is 2.09. The van der Waals surface area contributed by atoms with E-state index in [0.717, 1.165) is 0 Å². The summed E-state index contributed by atoms with van der Waals surface area (Å²) in [5.41, 5.74) is 0.683. The molecule has 0 amide bonds. The lowest BCUT2D eigenvalue weighted by Gasteiger charge is -1.96. The quantitative estimate of drug-likeness (QED) is 0.788. The van der Waals surface area contributed by atoms with Gasteiger partial charge in [0.2, 0.25) is 0 Å². The van der Waals surface area contributed by atoms with E-state index in [-0.39, 0.29) is 5.82 Å². The van der Waals surface area contributed by atoms with Gasteiger partial charge >= 0.3 is 0 Å². The third-order valence-corrected chi connectivity index (χ3v) is 2.86. The molecule has 1 aromatic carbocycles. The van der Waals surface area contributed by atoms with Crippen LogP contribution in [0.5, 0.6) is 0 Å². The lowest BCUT2D eigenvalue weighted by Crippen LogP contribution is -1.82. The number of halogens is 3. The maximum atomic E-state index is 13.0. The molecule has 0 aliphatic heterocycles. The predicted octanol–water partition coefficient (Wildman–Crippen LogP) is 3.53. The minimum absolute atomic E-state index is 0.320. The van der Waals surface area contributed by atoms with Crippen LogP contribution in [0.25, 0.3) is 11.5 Å². The van der Waals surface area contributed by atoms with Gasteiger partial charge in [-0.15, -0.1) is 0 Å². The van der Waals surface area contributed by atoms with Crippen LogP contribution in [0.2, 0.25) is 0 Å². The van der Waals surface area contributed by atoms with Gasteiger partial charge in [-0.3, -0.25) is 0 Å². The summed E-state index contributed by atoms with van der Waals surface area (Å²) in [4.78, 5) is 4.10. The van der Waals surface area contributed by atoms with Gasteiger partial charge in [0.15, 0.2) is 5.82 Å². The van der Waals surface area contributed by atoms with Crippen LogP contribution in [-0.2, 0) is 5.33 Å². The van der Waals surface area contributed by atoms with Crippen molar-refractivity contribution in [3.63, 3.8) is 0 Å². The minimum atomic E-state index is -0.320. The first-order chi connectivity index (χ1) is 7.20. The normalized spacial score (nSPS) is 10.6. The van der Waals surface area contributed by atoms with Crippen LogP contribution in [0.4, 0.5) is 4.39 Å². The van der Waals surface area contributed by atoms with Gasteiger partial charge in [-0.2, -0.15) is 4.98 Å². The van der Waals surface area contributed by atoms with Crippen molar-refractivity contribution in [1.82, 2.24) is 10.1 Å². The maximum Gasteiger partial charge on any atom is 0.257 e. The Labute approximate surface area is 102 Å². The van der Waals surface area contributed by atoms with Gasteiger partial charge in [0.25, 0.3) is 5.89 Å². The summed E-state index contributed by atoms with van der Waals surface area (Å²) in [5.74, 6) is 0.620. The van der Waals surface area contributed by atoms with Crippen LogP contribution < -0.4 is 0 Å². The molecular formula is C9H5Br2FN2O. The number of alkyl halides is 1. The zero-order valence-electron chi connectivity index (χ0n) is 7.38. The topological polar surface area (TPSA) is 38.9 Å². The molecule has 0 fully saturated rings. The molecule has 1 heterocycles.